The van der Waals surface area contributed by atoms with Crippen molar-refractivity contribution >= 4 is 11.9 Å². The molecule has 4 heteroatoms. The van der Waals surface area contributed by atoms with Gasteiger partial charge in [0.1, 0.15) is 6.04 Å². The van der Waals surface area contributed by atoms with Crippen LogP contribution in [0.4, 0.5) is 4.79 Å². The van der Waals surface area contributed by atoms with Gasteiger partial charge in [0.15, 0.2) is 5.78 Å². The van der Waals surface area contributed by atoms with Gasteiger partial charge in [0.2, 0.25) is 0 Å². The van der Waals surface area contributed by atoms with Crippen LogP contribution in [0.15, 0.2) is 30.3 Å². The standard InChI is InChI=1S/C19H27NO3/c1-3-4-5-6-7-11-14-16(21)18-17(20(18)19(22)23-2)15-12-9-8-10-13-15/h8-10,12-13,17-18H,3-7,11,14H2,1-2H3/t17-,18-,20?/m1/s1. The van der Waals surface area contributed by atoms with Gasteiger partial charge in [-0.3, -0.25) is 9.69 Å². The van der Waals surface area contributed by atoms with Crippen molar-refractivity contribution < 1.29 is 14.3 Å². The fraction of sp³-hybridized carbons (Fsp3) is 0.579. The number of unbranched alkanes of at least 4 members (excludes halogenated alkanes) is 5. The molecule has 1 aromatic carbocycles. The van der Waals surface area contributed by atoms with Crippen LogP contribution in [0.3, 0.4) is 0 Å². The van der Waals surface area contributed by atoms with E-state index in [-0.39, 0.29) is 17.9 Å². The topological polar surface area (TPSA) is 46.4 Å². The van der Waals surface area contributed by atoms with Crippen LogP contribution in [0.2, 0.25) is 0 Å². The molecule has 2 atom stereocenters. The van der Waals surface area contributed by atoms with E-state index in [4.69, 9.17) is 4.74 Å². The maximum Gasteiger partial charge on any atom is 0.410 e. The van der Waals surface area contributed by atoms with Crippen LogP contribution in [0.5, 0.6) is 0 Å². The van der Waals surface area contributed by atoms with E-state index in [2.05, 4.69) is 6.92 Å². The highest BCUT2D eigenvalue weighted by atomic mass is 16.5. The van der Waals surface area contributed by atoms with E-state index in [9.17, 15) is 9.59 Å². The molecule has 1 aliphatic rings. The largest absolute Gasteiger partial charge is 0.453 e. The summed E-state index contributed by atoms with van der Waals surface area (Å²) >= 11 is 0. The van der Waals surface area contributed by atoms with E-state index in [1.54, 1.807) is 4.90 Å². The monoisotopic (exact) mass is 317 g/mol. The first-order valence-electron chi connectivity index (χ1n) is 8.64. The van der Waals surface area contributed by atoms with Crippen LogP contribution in [-0.2, 0) is 9.53 Å². The number of rotatable bonds is 9. The summed E-state index contributed by atoms with van der Waals surface area (Å²) in [5.41, 5.74) is 0.999. The third-order valence-electron chi connectivity index (χ3n) is 4.44. The summed E-state index contributed by atoms with van der Waals surface area (Å²) in [5, 5.41) is 0. The summed E-state index contributed by atoms with van der Waals surface area (Å²) in [7, 11) is 1.36. The average molecular weight is 317 g/mol. The molecular formula is C19H27NO3. The molecule has 0 bridgehead atoms. The quantitative estimate of drug-likeness (QED) is 0.497. The Bertz CT molecular complexity index is 515. The van der Waals surface area contributed by atoms with Crippen molar-refractivity contribution in [3.8, 4) is 0 Å². The van der Waals surface area contributed by atoms with Crippen LogP contribution in [-0.4, -0.2) is 29.9 Å². The van der Waals surface area contributed by atoms with E-state index >= 15 is 0 Å². The first-order chi connectivity index (χ1) is 11.2. The number of hydrogen-bond acceptors (Lipinski definition) is 3. The number of ketones is 1. The number of hydrogen-bond donors (Lipinski definition) is 0. The van der Waals surface area contributed by atoms with E-state index in [1.807, 2.05) is 30.3 Å². The van der Waals surface area contributed by atoms with E-state index < -0.39 is 6.09 Å². The number of amides is 1. The second-order valence-electron chi connectivity index (χ2n) is 6.16. The SMILES string of the molecule is CCCCCCCCC(=O)[C@@H]1[C@@H](c2ccccc2)N1C(=O)OC. The summed E-state index contributed by atoms with van der Waals surface area (Å²) < 4.78 is 4.81. The number of Topliss-reactive ketones (excluding diaryl/α,β-unsaturated/α-hetero) is 1. The third kappa shape index (κ3) is 4.57. The summed E-state index contributed by atoms with van der Waals surface area (Å²) in [6.45, 7) is 2.20. The smallest absolute Gasteiger partial charge is 0.410 e. The van der Waals surface area contributed by atoms with Gasteiger partial charge in [-0.25, -0.2) is 4.79 Å². The molecule has 1 saturated heterocycles. The third-order valence-corrected chi connectivity index (χ3v) is 4.44. The summed E-state index contributed by atoms with van der Waals surface area (Å²) in [5.74, 6) is 0.153. The lowest BCUT2D eigenvalue weighted by Crippen LogP contribution is -2.18. The number of nitrogens with zero attached hydrogens (tertiary/aromatic N) is 1. The Balaban J connectivity index is 1.86. The van der Waals surface area contributed by atoms with Crippen LogP contribution in [0.25, 0.3) is 0 Å². The lowest BCUT2D eigenvalue weighted by Gasteiger charge is -2.02. The van der Waals surface area contributed by atoms with Gasteiger partial charge in [-0.05, 0) is 12.0 Å². The maximum atomic E-state index is 12.5. The first-order valence-corrected chi connectivity index (χ1v) is 8.64. The highest BCUT2D eigenvalue weighted by Gasteiger charge is 2.56. The second kappa shape index (κ2) is 8.70. The molecule has 1 aromatic rings. The molecule has 4 nitrogen and oxygen atoms in total. The van der Waals surface area contributed by atoms with Crippen LogP contribution in [0.1, 0.15) is 63.5 Å². The normalized spacial score (nSPS) is 19.5. The highest BCUT2D eigenvalue weighted by Crippen LogP contribution is 2.44. The van der Waals surface area contributed by atoms with Gasteiger partial charge < -0.3 is 4.74 Å². The molecule has 2 rings (SSSR count). The van der Waals surface area contributed by atoms with Gasteiger partial charge in [-0.2, -0.15) is 0 Å². The number of methoxy groups -OCH3 is 1. The van der Waals surface area contributed by atoms with Crippen molar-refractivity contribution in [2.24, 2.45) is 0 Å². The number of carbonyl (C=O) groups excluding carboxylic acids is 2. The van der Waals surface area contributed by atoms with E-state index in [1.165, 1.54) is 32.8 Å². The van der Waals surface area contributed by atoms with Gasteiger partial charge in [-0.15, -0.1) is 0 Å². The average Bonchev–Trinajstić information content (AvgIpc) is 3.33. The van der Waals surface area contributed by atoms with Gasteiger partial charge in [0, 0.05) is 6.42 Å². The molecule has 0 saturated carbocycles. The molecule has 0 aromatic heterocycles. The molecule has 0 unspecified atom stereocenters. The minimum Gasteiger partial charge on any atom is -0.453 e. The Morgan fingerprint density at radius 1 is 1.04 bits per heavy atom. The predicted molar refractivity (Wildman–Crippen MR) is 90.2 cm³/mol. The van der Waals surface area contributed by atoms with Crippen molar-refractivity contribution in [1.82, 2.24) is 4.90 Å². The Hall–Kier alpha value is -1.84. The Labute approximate surface area is 138 Å². The van der Waals surface area contributed by atoms with Crippen LogP contribution < -0.4 is 0 Å². The fourth-order valence-electron chi connectivity index (χ4n) is 3.12. The zero-order valence-electron chi connectivity index (χ0n) is 14.2. The summed E-state index contributed by atoms with van der Waals surface area (Å²) in [6.07, 6.45) is 7.07. The van der Waals surface area contributed by atoms with Crippen LogP contribution >= 0.6 is 0 Å². The van der Waals surface area contributed by atoms with Crippen LogP contribution in [0, 0.1) is 0 Å². The molecule has 0 aliphatic carbocycles. The van der Waals surface area contributed by atoms with Crippen molar-refractivity contribution in [2.75, 3.05) is 7.11 Å². The molecule has 1 fully saturated rings. The Kier molecular flexibility index (Phi) is 6.63. The van der Waals surface area contributed by atoms with Crippen molar-refractivity contribution in [3.05, 3.63) is 35.9 Å². The summed E-state index contributed by atoms with van der Waals surface area (Å²) in [4.78, 5) is 25.9. The lowest BCUT2D eigenvalue weighted by atomic mass is 10.0. The summed E-state index contributed by atoms with van der Waals surface area (Å²) in [6, 6.07) is 9.20. The van der Waals surface area contributed by atoms with Gasteiger partial charge in [0.05, 0.1) is 13.2 Å². The zero-order valence-corrected chi connectivity index (χ0v) is 14.2. The van der Waals surface area contributed by atoms with Gasteiger partial charge >= 0.3 is 6.09 Å². The van der Waals surface area contributed by atoms with E-state index in [0.29, 0.717) is 6.42 Å². The lowest BCUT2D eigenvalue weighted by molar-refractivity contribution is -0.119. The maximum absolute atomic E-state index is 12.5. The molecule has 1 heterocycles. The van der Waals surface area contributed by atoms with Crippen molar-refractivity contribution in [3.63, 3.8) is 0 Å². The molecule has 1 aliphatic heterocycles. The highest BCUT2D eigenvalue weighted by molar-refractivity contribution is 5.93. The zero-order chi connectivity index (χ0) is 16.7. The minimum absolute atomic E-state index is 0.153. The first kappa shape index (κ1) is 17.5. The molecule has 1 amide bonds. The minimum atomic E-state index is -0.417. The molecule has 126 valence electrons. The number of carbonyl (C=O) groups is 2. The molecule has 0 N–H and O–H groups in total. The number of ether oxygens (including phenoxy) is 1. The number of benzene rings is 1. The predicted octanol–water partition coefficient (Wildman–Crippen LogP) is 4.50. The molecule has 23 heavy (non-hydrogen) atoms. The Morgan fingerprint density at radius 2 is 1.70 bits per heavy atom. The van der Waals surface area contributed by atoms with Gasteiger partial charge in [-0.1, -0.05) is 69.4 Å². The van der Waals surface area contributed by atoms with Crippen molar-refractivity contribution in [2.45, 2.75) is 64.0 Å². The molecule has 0 radical (unpaired) electrons. The Morgan fingerprint density at radius 3 is 2.35 bits per heavy atom. The van der Waals surface area contributed by atoms with E-state index in [0.717, 1.165) is 18.4 Å². The molecule has 0 spiro atoms. The van der Waals surface area contributed by atoms with Crippen molar-refractivity contribution in [1.29, 1.82) is 0 Å². The molecular weight excluding hydrogens is 290 g/mol. The second-order valence-corrected chi connectivity index (χ2v) is 6.16. The van der Waals surface area contributed by atoms with Gasteiger partial charge in [0.25, 0.3) is 0 Å². The fourth-order valence-corrected chi connectivity index (χ4v) is 3.12.